The normalized spacial score (nSPS) is 27.0. The van der Waals surface area contributed by atoms with E-state index in [1.165, 1.54) is 0 Å². The quantitative estimate of drug-likeness (QED) is 0.739. The van der Waals surface area contributed by atoms with Gasteiger partial charge in [0.05, 0.1) is 24.4 Å². The van der Waals surface area contributed by atoms with E-state index in [0.29, 0.717) is 19.1 Å². The summed E-state index contributed by atoms with van der Waals surface area (Å²) in [6.07, 6.45) is 5.72. The van der Waals surface area contributed by atoms with Crippen LogP contribution in [0, 0.1) is 5.92 Å². The van der Waals surface area contributed by atoms with Crippen molar-refractivity contribution in [1.82, 2.24) is 20.3 Å². The number of carbonyl (C=O) groups excluding carboxylic acids is 1. The van der Waals surface area contributed by atoms with Crippen LogP contribution in [0.25, 0.3) is 0 Å². The maximum absolute atomic E-state index is 12.5. The number of nitrogens with zero attached hydrogens (tertiary/aromatic N) is 3. The Labute approximate surface area is 160 Å². The number of nitrogens with one attached hydrogen (secondary N) is 1. The topological polar surface area (TPSA) is 98.5 Å². The predicted octanol–water partition coefficient (Wildman–Crippen LogP) is 1.24. The molecule has 0 saturated carbocycles. The Balaban J connectivity index is 1.46. The zero-order valence-corrected chi connectivity index (χ0v) is 16.3. The molecule has 1 aromatic rings. The van der Waals surface area contributed by atoms with E-state index in [9.17, 15) is 9.90 Å². The van der Waals surface area contributed by atoms with Crippen molar-refractivity contribution >= 4 is 5.91 Å². The molecule has 2 aliphatic heterocycles. The molecule has 1 amide bonds. The third-order valence-corrected chi connectivity index (χ3v) is 5.54. The molecule has 2 aliphatic rings. The molecule has 0 unspecified atom stereocenters. The Bertz CT molecular complexity index is 600. The van der Waals surface area contributed by atoms with E-state index >= 15 is 0 Å². The smallest absolute Gasteiger partial charge is 0.223 e. The Morgan fingerprint density at radius 2 is 2.11 bits per heavy atom. The molecule has 1 aromatic heterocycles. The van der Waals surface area contributed by atoms with Crippen LogP contribution in [-0.4, -0.2) is 64.1 Å². The predicted molar refractivity (Wildman–Crippen MR) is 99.2 cm³/mol. The first-order chi connectivity index (χ1) is 13.1. The molecule has 2 fully saturated rings. The van der Waals surface area contributed by atoms with Crippen LogP contribution < -0.4 is 5.32 Å². The van der Waals surface area contributed by atoms with Crippen molar-refractivity contribution in [3.8, 4) is 0 Å². The van der Waals surface area contributed by atoms with Crippen molar-refractivity contribution < 1.29 is 19.4 Å². The summed E-state index contributed by atoms with van der Waals surface area (Å²) < 4.78 is 13.2. The zero-order valence-electron chi connectivity index (χ0n) is 16.3. The molecule has 3 rings (SSSR count). The lowest BCUT2D eigenvalue weighted by molar-refractivity contribution is -0.134. The molecule has 0 radical (unpaired) electrons. The first-order valence-corrected chi connectivity index (χ1v) is 10.1. The van der Waals surface area contributed by atoms with Gasteiger partial charge in [-0.25, -0.2) is 0 Å². The second-order valence-corrected chi connectivity index (χ2v) is 7.91. The van der Waals surface area contributed by atoms with E-state index in [1.54, 1.807) is 0 Å². The largest absolute Gasteiger partial charge is 0.394 e. The lowest BCUT2D eigenvalue weighted by Gasteiger charge is -2.37. The summed E-state index contributed by atoms with van der Waals surface area (Å²) in [5.74, 6) is 0.439. The van der Waals surface area contributed by atoms with Crippen molar-refractivity contribution in [1.29, 1.82) is 0 Å². The van der Waals surface area contributed by atoms with E-state index < -0.39 is 0 Å². The molecular weight excluding hydrogens is 348 g/mol. The molecule has 0 aliphatic carbocycles. The fraction of sp³-hybridized carbons (Fsp3) is 0.842. The average Bonchev–Trinajstić information content (AvgIpc) is 3.17. The van der Waals surface area contributed by atoms with Crippen LogP contribution in [0.3, 0.4) is 0 Å². The molecule has 8 heteroatoms. The standard InChI is InChI=1S/C19H32N4O4/c1-13(2)17-11-23(22-21-17)8-5-15-3-4-16(18(12-24)27-15)20-19(25)14-6-9-26-10-7-14/h11,13-16,18,24H,3-10,12H2,1-2H3,(H,20,25)/t15-,16-,18-/m0/s1. The second kappa shape index (κ2) is 9.61. The monoisotopic (exact) mass is 380 g/mol. The number of rotatable bonds is 7. The lowest BCUT2D eigenvalue weighted by atomic mass is 9.94. The molecule has 3 heterocycles. The Hall–Kier alpha value is -1.51. The number of ether oxygens (including phenoxy) is 2. The number of hydrogen-bond acceptors (Lipinski definition) is 6. The molecule has 2 saturated heterocycles. The molecule has 2 N–H and O–H groups in total. The molecule has 27 heavy (non-hydrogen) atoms. The van der Waals surface area contributed by atoms with Crippen LogP contribution in [-0.2, 0) is 20.8 Å². The zero-order chi connectivity index (χ0) is 19.2. The number of aryl methyl sites for hydroxylation is 1. The molecule has 0 bridgehead atoms. The van der Waals surface area contributed by atoms with Crippen LogP contribution in [0.4, 0.5) is 0 Å². The van der Waals surface area contributed by atoms with E-state index in [-0.39, 0.29) is 36.7 Å². The Kier molecular flexibility index (Phi) is 7.20. The minimum Gasteiger partial charge on any atom is -0.394 e. The number of carbonyl (C=O) groups is 1. The number of amides is 1. The van der Waals surface area contributed by atoms with Gasteiger partial charge in [0.15, 0.2) is 0 Å². The first kappa shape index (κ1) is 20.2. The fourth-order valence-corrected chi connectivity index (χ4v) is 3.73. The lowest BCUT2D eigenvalue weighted by Crippen LogP contribution is -2.52. The van der Waals surface area contributed by atoms with Crippen molar-refractivity contribution in [3.63, 3.8) is 0 Å². The van der Waals surface area contributed by atoms with Gasteiger partial charge in [-0.15, -0.1) is 5.10 Å². The van der Waals surface area contributed by atoms with E-state index in [2.05, 4.69) is 29.5 Å². The van der Waals surface area contributed by atoms with Gasteiger partial charge in [-0.1, -0.05) is 19.1 Å². The van der Waals surface area contributed by atoms with Gasteiger partial charge in [0, 0.05) is 31.9 Å². The summed E-state index contributed by atoms with van der Waals surface area (Å²) in [5.41, 5.74) is 0.990. The van der Waals surface area contributed by atoms with Gasteiger partial charge >= 0.3 is 0 Å². The van der Waals surface area contributed by atoms with Gasteiger partial charge in [0.2, 0.25) is 5.91 Å². The highest BCUT2D eigenvalue weighted by Gasteiger charge is 2.33. The molecular formula is C19H32N4O4. The van der Waals surface area contributed by atoms with Crippen molar-refractivity contribution in [2.24, 2.45) is 5.92 Å². The highest BCUT2D eigenvalue weighted by Crippen LogP contribution is 2.24. The van der Waals surface area contributed by atoms with Crippen LogP contribution >= 0.6 is 0 Å². The summed E-state index contributed by atoms with van der Waals surface area (Å²) in [7, 11) is 0. The van der Waals surface area contributed by atoms with Crippen LogP contribution in [0.2, 0.25) is 0 Å². The highest BCUT2D eigenvalue weighted by atomic mass is 16.5. The molecule has 0 aromatic carbocycles. The summed E-state index contributed by atoms with van der Waals surface area (Å²) in [5, 5.41) is 21.2. The summed E-state index contributed by atoms with van der Waals surface area (Å²) in [6.45, 7) is 6.13. The highest BCUT2D eigenvalue weighted by molar-refractivity contribution is 5.79. The van der Waals surface area contributed by atoms with Gasteiger partial charge in [-0.2, -0.15) is 0 Å². The van der Waals surface area contributed by atoms with Gasteiger partial charge in [-0.3, -0.25) is 9.48 Å². The minimum absolute atomic E-state index is 0.0123. The molecule has 152 valence electrons. The van der Waals surface area contributed by atoms with Crippen LogP contribution in [0.15, 0.2) is 6.20 Å². The Morgan fingerprint density at radius 1 is 1.33 bits per heavy atom. The maximum atomic E-state index is 12.5. The SMILES string of the molecule is CC(C)c1cn(CC[C@@H]2CC[C@H](NC(=O)C3CCOCC3)[C@H](CO)O2)nn1. The fourth-order valence-electron chi connectivity index (χ4n) is 3.73. The number of aliphatic hydroxyl groups is 1. The Morgan fingerprint density at radius 3 is 2.78 bits per heavy atom. The summed E-state index contributed by atoms with van der Waals surface area (Å²) >= 11 is 0. The molecule has 3 atom stereocenters. The number of aromatic nitrogens is 3. The van der Waals surface area contributed by atoms with E-state index in [0.717, 1.165) is 44.3 Å². The molecule has 8 nitrogen and oxygen atoms in total. The van der Waals surface area contributed by atoms with Gasteiger partial charge in [0.1, 0.15) is 6.10 Å². The third-order valence-electron chi connectivity index (χ3n) is 5.54. The van der Waals surface area contributed by atoms with Gasteiger partial charge in [0.25, 0.3) is 0 Å². The maximum Gasteiger partial charge on any atom is 0.223 e. The van der Waals surface area contributed by atoms with Crippen LogP contribution in [0.5, 0.6) is 0 Å². The molecule has 0 spiro atoms. The minimum atomic E-state index is -0.352. The van der Waals surface area contributed by atoms with Crippen LogP contribution in [0.1, 0.15) is 57.6 Å². The van der Waals surface area contributed by atoms with E-state index in [1.807, 2.05) is 10.9 Å². The average molecular weight is 380 g/mol. The van der Waals surface area contributed by atoms with Crippen molar-refractivity contribution in [3.05, 3.63) is 11.9 Å². The van der Waals surface area contributed by atoms with Crippen molar-refractivity contribution in [2.45, 2.75) is 76.7 Å². The number of aliphatic hydroxyl groups excluding tert-OH is 1. The summed E-state index contributed by atoms with van der Waals surface area (Å²) in [6, 6.07) is -0.125. The first-order valence-electron chi connectivity index (χ1n) is 10.1. The third kappa shape index (κ3) is 5.49. The number of hydrogen-bond donors (Lipinski definition) is 2. The van der Waals surface area contributed by atoms with Gasteiger partial charge < -0.3 is 19.9 Å². The second-order valence-electron chi connectivity index (χ2n) is 7.91. The van der Waals surface area contributed by atoms with Crippen molar-refractivity contribution in [2.75, 3.05) is 19.8 Å². The summed E-state index contributed by atoms with van der Waals surface area (Å²) in [4.78, 5) is 12.5. The van der Waals surface area contributed by atoms with Gasteiger partial charge in [-0.05, 0) is 38.0 Å². The van der Waals surface area contributed by atoms with E-state index in [4.69, 9.17) is 9.47 Å².